The normalized spacial score (nSPS) is 16.0. The molecule has 1 fully saturated rings. The number of hydrogen-bond donors (Lipinski definition) is 0. The Morgan fingerprint density at radius 1 is 1.21 bits per heavy atom. The molecule has 0 saturated carbocycles. The van der Waals surface area contributed by atoms with Crippen molar-refractivity contribution in [1.29, 1.82) is 0 Å². The Kier molecular flexibility index (Phi) is 5.91. The molecular formula is C23H25N3O3. The Balaban J connectivity index is 1.33. The lowest BCUT2D eigenvalue weighted by molar-refractivity contribution is 0.0679. The number of para-hydroxylation sites is 1. The molecule has 4 rings (SSSR count). The highest BCUT2D eigenvalue weighted by Crippen LogP contribution is 2.18. The van der Waals surface area contributed by atoms with Crippen molar-refractivity contribution in [3.63, 3.8) is 0 Å². The van der Waals surface area contributed by atoms with E-state index in [9.17, 15) is 4.79 Å². The quantitative estimate of drug-likeness (QED) is 0.616. The summed E-state index contributed by atoms with van der Waals surface area (Å²) in [7, 11) is 1.80. The molecule has 1 amide bonds. The van der Waals surface area contributed by atoms with Gasteiger partial charge in [-0.15, -0.1) is 0 Å². The minimum atomic E-state index is -0.0388. The zero-order valence-corrected chi connectivity index (χ0v) is 16.5. The minimum Gasteiger partial charge on any atom is -0.491 e. The smallest absolute Gasteiger partial charge is 0.253 e. The van der Waals surface area contributed by atoms with Crippen molar-refractivity contribution >= 4 is 5.91 Å². The van der Waals surface area contributed by atoms with Gasteiger partial charge in [-0.3, -0.25) is 4.79 Å². The van der Waals surface area contributed by atoms with Crippen LogP contribution in [-0.4, -0.2) is 47.0 Å². The number of benzene rings is 2. The van der Waals surface area contributed by atoms with Crippen molar-refractivity contribution in [2.24, 2.45) is 0 Å². The van der Waals surface area contributed by atoms with Crippen LogP contribution < -0.4 is 4.74 Å². The Morgan fingerprint density at radius 3 is 2.72 bits per heavy atom. The Hall–Kier alpha value is -3.12. The largest absolute Gasteiger partial charge is 0.491 e. The van der Waals surface area contributed by atoms with E-state index in [-0.39, 0.29) is 12.0 Å². The predicted octanol–water partition coefficient (Wildman–Crippen LogP) is 3.70. The van der Waals surface area contributed by atoms with Crippen molar-refractivity contribution in [3.8, 4) is 11.4 Å². The summed E-state index contributed by atoms with van der Waals surface area (Å²) >= 11 is 0. The number of ether oxygens (including phenoxy) is 2. The maximum Gasteiger partial charge on any atom is 0.253 e. The second-order valence-corrected chi connectivity index (χ2v) is 7.26. The number of nitrogens with zero attached hydrogens (tertiary/aromatic N) is 3. The number of carbonyl (C=O) groups is 1. The predicted molar refractivity (Wildman–Crippen MR) is 110 cm³/mol. The molecule has 1 aliphatic heterocycles. The Morgan fingerprint density at radius 2 is 2.00 bits per heavy atom. The van der Waals surface area contributed by atoms with E-state index in [2.05, 4.69) is 5.10 Å². The third kappa shape index (κ3) is 4.84. The zero-order valence-electron chi connectivity index (χ0n) is 16.5. The number of rotatable bonds is 7. The summed E-state index contributed by atoms with van der Waals surface area (Å²) in [5, 5.41) is 4.39. The molecule has 0 N–H and O–H groups in total. The van der Waals surface area contributed by atoms with Crippen LogP contribution in [0.1, 0.15) is 28.8 Å². The second-order valence-electron chi connectivity index (χ2n) is 7.26. The minimum absolute atomic E-state index is 0.0388. The fraction of sp³-hybridized carbons (Fsp3) is 0.304. The van der Waals surface area contributed by atoms with Gasteiger partial charge in [0, 0.05) is 37.5 Å². The van der Waals surface area contributed by atoms with Crippen LogP contribution in [0.25, 0.3) is 5.69 Å². The number of carbonyl (C=O) groups excluding carboxylic acids is 1. The fourth-order valence-electron chi connectivity index (χ4n) is 3.39. The molecular weight excluding hydrogens is 366 g/mol. The summed E-state index contributed by atoms with van der Waals surface area (Å²) in [6, 6.07) is 17.2. The average Bonchev–Trinajstić information content (AvgIpc) is 3.45. The third-order valence-corrected chi connectivity index (χ3v) is 4.98. The van der Waals surface area contributed by atoms with Gasteiger partial charge < -0.3 is 14.4 Å². The van der Waals surface area contributed by atoms with Crippen LogP contribution in [0.2, 0.25) is 0 Å². The van der Waals surface area contributed by atoms with E-state index in [4.69, 9.17) is 9.47 Å². The third-order valence-electron chi connectivity index (χ3n) is 4.98. The fourth-order valence-corrected chi connectivity index (χ4v) is 3.39. The van der Waals surface area contributed by atoms with Crippen LogP contribution in [0.5, 0.6) is 5.75 Å². The monoisotopic (exact) mass is 391 g/mol. The molecule has 0 aliphatic carbocycles. The van der Waals surface area contributed by atoms with Crippen LogP contribution >= 0.6 is 0 Å². The molecule has 0 radical (unpaired) electrons. The molecule has 6 heteroatoms. The van der Waals surface area contributed by atoms with Gasteiger partial charge in [-0.05, 0) is 49.2 Å². The van der Waals surface area contributed by atoms with Crippen LogP contribution in [0, 0.1) is 0 Å². The number of aromatic nitrogens is 2. The molecule has 1 unspecified atom stereocenters. The molecule has 3 aromatic rings. The van der Waals surface area contributed by atoms with Crippen molar-refractivity contribution in [2.45, 2.75) is 25.5 Å². The van der Waals surface area contributed by atoms with Crippen molar-refractivity contribution in [1.82, 2.24) is 14.7 Å². The SMILES string of the molecule is CN(Cc1cnn(-c2ccccc2)c1)C(=O)c1ccc(OCC2CCCO2)cc1. The van der Waals surface area contributed by atoms with Gasteiger partial charge in [-0.1, -0.05) is 18.2 Å². The molecule has 150 valence electrons. The lowest BCUT2D eigenvalue weighted by atomic mass is 10.2. The first-order valence-corrected chi connectivity index (χ1v) is 9.88. The van der Waals surface area contributed by atoms with E-state index in [1.807, 2.05) is 53.3 Å². The molecule has 29 heavy (non-hydrogen) atoms. The van der Waals surface area contributed by atoms with E-state index in [1.54, 1.807) is 30.3 Å². The van der Waals surface area contributed by atoms with Crippen LogP contribution in [-0.2, 0) is 11.3 Å². The van der Waals surface area contributed by atoms with Gasteiger partial charge in [0.25, 0.3) is 5.91 Å². The molecule has 1 atom stereocenters. The number of amides is 1. The average molecular weight is 391 g/mol. The first kappa shape index (κ1) is 19.2. The Labute approximate surface area is 170 Å². The van der Waals surface area contributed by atoms with Crippen LogP contribution in [0.15, 0.2) is 67.0 Å². The van der Waals surface area contributed by atoms with Gasteiger partial charge in [0.1, 0.15) is 12.4 Å². The van der Waals surface area contributed by atoms with E-state index in [1.165, 1.54) is 0 Å². The molecule has 0 bridgehead atoms. The van der Waals surface area contributed by atoms with Gasteiger partial charge in [-0.2, -0.15) is 5.10 Å². The van der Waals surface area contributed by atoms with E-state index in [0.29, 0.717) is 18.7 Å². The maximum absolute atomic E-state index is 12.7. The summed E-state index contributed by atoms with van der Waals surface area (Å²) < 4.78 is 13.1. The molecule has 0 spiro atoms. The summed E-state index contributed by atoms with van der Waals surface area (Å²) in [4.78, 5) is 14.4. The topological polar surface area (TPSA) is 56.6 Å². The van der Waals surface area contributed by atoms with Gasteiger partial charge >= 0.3 is 0 Å². The highest BCUT2D eigenvalue weighted by Gasteiger charge is 2.17. The standard InChI is InChI=1S/C23H25N3O3/c1-25(15-18-14-24-26(16-18)20-6-3-2-4-7-20)23(27)19-9-11-21(12-10-19)29-17-22-8-5-13-28-22/h2-4,6-7,9-12,14,16,22H,5,8,13,15,17H2,1H3. The molecule has 1 aromatic heterocycles. The number of hydrogen-bond acceptors (Lipinski definition) is 4. The maximum atomic E-state index is 12.7. The van der Waals surface area contributed by atoms with E-state index < -0.39 is 0 Å². The second kappa shape index (κ2) is 8.92. The van der Waals surface area contributed by atoms with Crippen molar-refractivity contribution < 1.29 is 14.3 Å². The molecule has 6 nitrogen and oxygen atoms in total. The highest BCUT2D eigenvalue weighted by atomic mass is 16.5. The van der Waals surface area contributed by atoms with Crippen LogP contribution in [0.4, 0.5) is 0 Å². The van der Waals surface area contributed by atoms with Gasteiger partial charge in [-0.25, -0.2) is 4.68 Å². The summed E-state index contributed by atoms with van der Waals surface area (Å²) in [5.74, 6) is 0.715. The molecule has 1 aliphatic rings. The highest BCUT2D eigenvalue weighted by molar-refractivity contribution is 5.94. The van der Waals surface area contributed by atoms with E-state index in [0.717, 1.165) is 36.4 Å². The summed E-state index contributed by atoms with van der Waals surface area (Å²) in [6.45, 7) is 1.86. The van der Waals surface area contributed by atoms with E-state index >= 15 is 0 Å². The molecule has 1 saturated heterocycles. The summed E-state index contributed by atoms with van der Waals surface area (Å²) in [5.41, 5.74) is 2.60. The molecule has 2 heterocycles. The van der Waals surface area contributed by atoms with Gasteiger partial charge in [0.05, 0.1) is 18.0 Å². The van der Waals surface area contributed by atoms with Crippen molar-refractivity contribution in [3.05, 3.63) is 78.1 Å². The van der Waals surface area contributed by atoms with Gasteiger partial charge in [0.2, 0.25) is 0 Å². The van der Waals surface area contributed by atoms with Crippen LogP contribution in [0.3, 0.4) is 0 Å². The zero-order chi connectivity index (χ0) is 20.1. The molecule has 2 aromatic carbocycles. The summed E-state index contributed by atoms with van der Waals surface area (Å²) in [6.07, 6.45) is 6.06. The van der Waals surface area contributed by atoms with Gasteiger partial charge in [0.15, 0.2) is 0 Å². The first-order valence-electron chi connectivity index (χ1n) is 9.88. The lowest BCUT2D eigenvalue weighted by Gasteiger charge is -2.17. The van der Waals surface area contributed by atoms with Crippen molar-refractivity contribution in [2.75, 3.05) is 20.3 Å². The lowest BCUT2D eigenvalue weighted by Crippen LogP contribution is -2.26. The Bertz CT molecular complexity index is 932. The first-order chi connectivity index (χ1) is 14.2.